The largest absolute Gasteiger partial charge is 0.415 e. The summed E-state index contributed by atoms with van der Waals surface area (Å²) in [4.78, 5) is 11.2. The Kier molecular flexibility index (Phi) is 4.92. The molecule has 0 bridgehead atoms. The second-order valence-corrected chi connectivity index (χ2v) is 4.44. The summed E-state index contributed by atoms with van der Waals surface area (Å²) in [7, 11) is 0. The number of carbonyl (C=O) groups excluding carboxylic acids is 1. The van der Waals surface area contributed by atoms with Crippen molar-refractivity contribution in [1.82, 2.24) is 5.32 Å². The molecular formula is C8H15F3N2OS. The van der Waals surface area contributed by atoms with Gasteiger partial charge in [0.15, 0.2) is 5.54 Å². The van der Waals surface area contributed by atoms with Crippen LogP contribution in [0.3, 0.4) is 0 Å². The van der Waals surface area contributed by atoms with Gasteiger partial charge >= 0.3 is 6.18 Å². The number of hydrogen-bond acceptors (Lipinski definition) is 3. The van der Waals surface area contributed by atoms with Gasteiger partial charge in [-0.2, -0.15) is 24.9 Å². The number of carbonyl (C=O) groups is 1. The molecule has 1 amide bonds. The van der Waals surface area contributed by atoms with Crippen LogP contribution in [0.15, 0.2) is 0 Å². The third-order valence-corrected chi connectivity index (χ3v) is 2.69. The summed E-state index contributed by atoms with van der Waals surface area (Å²) in [5.74, 6) is -0.656. The average Bonchev–Trinajstić information content (AvgIpc) is 2.02. The highest BCUT2D eigenvalue weighted by molar-refractivity contribution is 7.98. The number of nitrogens with one attached hydrogen (secondary N) is 1. The van der Waals surface area contributed by atoms with Gasteiger partial charge in [-0.05, 0) is 20.1 Å². The van der Waals surface area contributed by atoms with Crippen molar-refractivity contribution >= 4 is 17.7 Å². The van der Waals surface area contributed by atoms with Crippen molar-refractivity contribution < 1.29 is 18.0 Å². The summed E-state index contributed by atoms with van der Waals surface area (Å²) in [6, 6.07) is -0.335. The Labute approximate surface area is 91.0 Å². The van der Waals surface area contributed by atoms with Crippen molar-refractivity contribution in [3.05, 3.63) is 0 Å². The molecule has 0 aliphatic heterocycles. The number of nitrogens with two attached hydrogens (primary N) is 1. The number of rotatable bonds is 4. The number of halogens is 3. The van der Waals surface area contributed by atoms with Crippen molar-refractivity contribution in [2.45, 2.75) is 31.6 Å². The molecule has 3 N–H and O–H groups in total. The van der Waals surface area contributed by atoms with E-state index in [1.807, 2.05) is 0 Å². The predicted molar refractivity (Wildman–Crippen MR) is 54.6 cm³/mol. The molecule has 0 radical (unpaired) electrons. The minimum atomic E-state index is -4.74. The highest BCUT2D eigenvalue weighted by atomic mass is 32.2. The van der Waals surface area contributed by atoms with Crippen LogP contribution in [0.1, 0.15) is 13.8 Å². The monoisotopic (exact) mass is 244 g/mol. The zero-order valence-electron chi connectivity index (χ0n) is 8.81. The fourth-order valence-corrected chi connectivity index (χ4v) is 1.38. The van der Waals surface area contributed by atoms with Gasteiger partial charge in [-0.3, -0.25) is 4.79 Å². The first kappa shape index (κ1) is 14.6. The summed E-state index contributed by atoms with van der Waals surface area (Å²) >= 11 is 1.43. The first-order valence-corrected chi connectivity index (χ1v) is 5.67. The summed E-state index contributed by atoms with van der Waals surface area (Å²) < 4.78 is 37.0. The highest BCUT2D eigenvalue weighted by Gasteiger charge is 2.54. The molecule has 0 heterocycles. The third kappa shape index (κ3) is 3.90. The summed E-state index contributed by atoms with van der Waals surface area (Å²) in [5.41, 5.74) is 2.10. The van der Waals surface area contributed by atoms with Gasteiger partial charge in [0.1, 0.15) is 0 Å². The summed E-state index contributed by atoms with van der Waals surface area (Å²) in [6.07, 6.45) is -2.94. The second-order valence-electron chi connectivity index (χ2n) is 3.53. The van der Waals surface area contributed by atoms with Crippen LogP contribution in [0.5, 0.6) is 0 Å². The zero-order chi connectivity index (χ0) is 12.3. The minimum absolute atomic E-state index is 0.335. The topological polar surface area (TPSA) is 55.1 Å². The smallest absolute Gasteiger partial charge is 0.351 e. The maximum Gasteiger partial charge on any atom is 0.415 e. The van der Waals surface area contributed by atoms with Crippen LogP contribution >= 0.6 is 11.8 Å². The van der Waals surface area contributed by atoms with Crippen LogP contribution in [0, 0.1) is 0 Å². The van der Waals surface area contributed by atoms with E-state index in [2.05, 4.69) is 5.32 Å². The molecule has 3 nitrogen and oxygen atoms in total. The number of hydrogen-bond donors (Lipinski definition) is 2. The Morgan fingerprint density at radius 2 is 2.00 bits per heavy atom. The molecule has 0 spiro atoms. The van der Waals surface area contributed by atoms with Gasteiger partial charge in [0.05, 0.1) is 0 Å². The third-order valence-electron chi connectivity index (χ3n) is 1.85. The predicted octanol–water partition coefficient (Wildman–Crippen LogP) is 1.13. The molecule has 2 unspecified atom stereocenters. The van der Waals surface area contributed by atoms with E-state index in [-0.39, 0.29) is 6.04 Å². The van der Waals surface area contributed by atoms with E-state index in [1.165, 1.54) is 11.8 Å². The second kappa shape index (κ2) is 5.07. The lowest BCUT2D eigenvalue weighted by atomic mass is 10.0. The van der Waals surface area contributed by atoms with E-state index >= 15 is 0 Å². The average molecular weight is 244 g/mol. The van der Waals surface area contributed by atoms with Gasteiger partial charge in [-0.25, -0.2) is 0 Å². The summed E-state index contributed by atoms with van der Waals surface area (Å²) in [6.45, 7) is 2.29. The normalized spacial score (nSPS) is 18.1. The van der Waals surface area contributed by atoms with Crippen molar-refractivity contribution in [2.24, 2.45) is 5.73 Å². The highest BCUT2D eigenvalue weighted by Crippen LogP contribution is 2.28. The molecule has 7 heteroatoms. The van der Waals surface area contributed by atoms with Crippen LogP contribution in [0.25, 0.3) is 0 Å². The molecule has 0 saturated heterocycles. The molecule has 0 aliphatic rings. The van der Waals surface area contributed by atoms with E-state index in [9.17, 15) is 18.0 Å². The van der Waals surface area contributed by atoms with E-state index in [0.29, 0.717) is 12.7 Å². The van der Waals surface area contributed by atoms with Gasteiger partial charge in [0, 0.05) is 11.8 Å². The lowest BCUT2D eigenvalue weighted by Gasteiger charge is -2.27. The molecule has 0 aromatic heterocycles. The van der Waals surface area contributed by atoms with Crippen LogP contribution in [-0.4, -0.2) is 35.7 Å². The Morgan fingerprint density at radius 1 is 1.53 bits per heavy atom. The van der Waals surface area contributed by atoms with Crippen molar-refractivity contribution in [2.75, 3.05) is 12.0 Å². The molecule has 0 fully saturated rings. The Balaban J connectivity index is 4.45. The SMILES string of the molecule is CSCC(C)NC(=O)C(C)(N)C(F)(F)F. The lowest BCUT2D eigenvalue weighted by molar-refractivity contribution is -0.187. The van der Waals surface area contributed by atoms with Crippen molar-refractivity contribution in [1.29, 1.82) is 0 Å². The van der Waals surface area contributed by atoms with Gasteiger partial charge < -0.3 is 11.1 Å². The molecule has 0 aromatic carbocycles. The molecular weight excluding hydrogens is 229 g/mol. The standard InChI is InChI=1S/C8H15F3N2OS/c1-5(4-15-3)13-6(14)7(2,12)8(9,10)11/h5H,4,12H2,1-3H3,(H,13,14). The molecule has 0 aliphatic carbocycles. The number of thioether (sulfide) groups is 1. The van der Waals surface area contributed by atoms with E-state index in [4.69, 9.17) is 5.73 Å². The number of alkyl halides is 3. The maximum atomic E-state index is 12.3. The maximum absolute atomic E-state index is 12.3. The molecule has 2 atom stereocenters. The number of amides is 1. The lowest BCUT2D eigenvalue weighted by Crippen LogP contribution is -2.62. The fourth-order valence-electron chi connectivity index (χ4n) is 0.794. The quantitative estimate of drug-likeness (QED) is 0.779. The molecule has 0 rings (SSSR count). The van der Waals surface area contributed by atoms with Crippen LogP contribution in [0.2, 0.25) is 0 Å². The van der Waals surface area contributed by atoms with Gasteiger partial charge in [0.2, 0.25) is 5.91 Å². The van der Waals surface area contributed by atoms with E-state index < -0.39 is 17.6 Å². The van der Waals surface area contributed by atoms with E-state index in [1.54, 1.807) is 13.2 Å². The summed E-state index contributed by atoms with van der Waals surface area (Å²) in [5, 5.41) is 2.22. The van der Waals surface area contributed by atoms with Crippen LogP contribution in [-0.2, 0) is 4.79 Å². The first-order chi connectivity index (χ1) is 6.63. The Bertz CT molecular complexity index is 230. The van der Waals surface area contributed by atoms with Gasteiger partial charge in [-0.1, -0.05) is 0 Å². The van der Waals surface area contributed by atoms with Crippen molar-refractivity contribution in [3.63, 3.8) is 0 Å². The molecule has 90 valence electrons. The molecule has 15 heavy (non-hydrogen) atoms. The van der Waals surface area contributed by atoms with Crippen molar-refractivity contribution in [3.8, 4) is 0 Å². The zero-order valence-corrected chi connectivity index (χ0v) is 9.63. The Morgan fingerprint density at radius 3 is 2.33 bits per heavy atom. The van der Waals surface area contributed by atoms with Crippen LogP contribution < -0.4 is 11.1 Å². The van der Waals surface area contributed by atoms with Gasteiger partial charge in [-0.15, -0.1) is 0 Å². The van der Waals surface area contributed by atoms with E-state index in [0.717, 1.165) is 0 Å². The van der Waals surface area contributed by atoms with Gasteiger partial charge in [0.25, 0.3) is 0 Å². The molecule has 0 saturated carbocycles. The Hall–Kier alpha value is -0.430. The minimum Gasteiger partial charge on any atom is -0.351 e. The van der Waals surface area contributed by atoms with Crippen LogP contribution in [0.4, 0.5) is 13.2 Å². The fraction of sp³-hybridized carbons (Fsp3) is 0.875. The first-order valence-electron chi connectivity index (χ1n) is 4.28. The molecule has 0 aromatic rings.